The van der Waals surface area contributed by atoms with Crippen molar-refractivity contribution in [3.05, 3.63) is 0 Å². The van der Waals surface area contributed by atoms with E-state index >= 15 is 0 Å². The largest absolute Gasteiger partial charge is 0.480 e. The van der Waals surface area contributed by atoms with Crippen LogP contribution < -0.4 is 5.73 Å². The average Bonchev–Trinajstić information content (AvgIpc) is 2.43. The fourth-order valence-electron chi connectivity index (χ4n) is 1.23. The fourth-order valence-corrected chi connectivity index (χ4v) is 1.23. The minimum absolute atomic E-state index is 0.146. The predicted molar refractivity (Wildman–Crippen MR) is 41.8 cm³/mol. The molecular weight excluding hydrogens is 198 g/mol. The zero-order chi connectivity index (χ0) is 10.9. The first-order valence-corrected chi connectivity index (χ1v) is 3.98. The molecule has 0 aliphatic carbocycles. The molecule has 1 amide bonds. The normalized spacial score (nSPS) is 22.1. The first-order chi connectivity index (χ1) is 6.33. The first kappa shape index (κ1) is 10.8. The van der Waals surface area contributed by atoms with Gasteiger partial charge in [-0.1, -0.05) is 0 Å². The van der Waals surface area contributed by atoms with Crippen LogP contribution in [0.5, 0.6) is 0 Å². The van der Waals surface area contributed by atoms with Gasteiger partial charge in [-0.3, -0.25) is 4.79 Å². The Labute approximate surface area is 78.5 Å². The number of rotatable bonds is 2. The number of halogens is 2. The number of alkyl halides is 2. The van der Waals surface area contributed by atoms with Crippen molar-refractivity contribution in [2.75, 3.05) is 13.1 Å². The minimum Gasteiger partial charge on any atom is -0.480 e. The Bertz CT molecular complexity index is 270. The molecule has 1 fully saturated rings. The van der Waals surface area contributed by atoms with Crippen molar-refractivity contribution in [1.82, 2.24) is 4.90 Å². The van der Waals surface area contributed by atoms with Gasteiger partial charge in [-0.2, -0.15) is 0 Å². The zero-order valence-electron chi connectivity index (χ0n) is 7.24. The van der Waals surface area contributed by atoms with Crippen molar-refractivity contribution in [3.63, 3.8) is 0 Å². The van der Waals surface area contributed by atoms with Crippen molar-refractivity contribution in [2.24, 2.45) is 5.73 Å². The highest BCUT2D eigenvalue weighted by Gasteiger charge is 2.42. The summed E-state index contributed by atoms with van der Waals surface area (Å²) >= 11 is 0. The highest BCUT2D eigenvalue weighted by Crippen LogP contribution is 2.26. The molecule has 0 saturated carbocycles. The number of likely N-dealkylation sites (tertiary alicyclic amines) is 1. The van der Waals surface area contributed by atoms with Crippen LogP contribution in [0.3, 0.4) is 0 Å². The molecule has 1 atom stereocenters. The van der Waals surface area contributed by atoms with E-state index in [9.17, 15) is 18.4 Å². The molecule has 1 saturated heterocycles. The smallest absolute Gasteiger partial charge is 0.330 e. The van der Waals surface area contributed by atoms with Gasteiger partial charge in [0.1, 0.15) is 0 Å². The summed E-state index contributed by atoms with van der Waals surface area (Å²) in [6.07, 6.45) is -0.439. The maximum Gasteiger partial charge on any atom is 0.330 e. The van der Waals surface area contributed by atoms with E-state index in [0.717, 1.165) is 4.90 Å². The molecule has 0 bridgehead atoms. The highest BCUT2D eigenvalue weighted by molar-refractivity contribution is 6.00. The third-order valence-corrected chi connectivity index (χ3v) is 2.01. The van der Waals surface area contributed by atoms with Gasteiger partial charge in [-0.15, -0.1) is 0 Å². The van der Waals surface area contributed by atoms with Crippen LogP contribution in [0.2, 0.25) is 0 Å². The van der Waals surface area contributed by atoms with Crippen LogP contribution in [0.1, 0.15) is 6.42 Å². The van der Waals surface area contributed by atoms with E-state index < -0.39 is 36.8 Å². The molecule has 1 aliphatic heterocycles. The van der Waals surface area contributed by atoms with Gasteiger partial charge in [0, 0.05) is 13.0 Å². The Morgan fingerprint density at radius 1 is 1.50 bits per heavy atom. The van der Waals surface area contributed by atoms with Gasteiger partial charge in [0.2, 0.25) is 0 Å². The Kier molecular flexibility index (Phi) is 2.70. The van der Waals surface area contributed by atoms with E-state index in [1.54, 1.807) is 0 Å². The molecule has 0 radical (unpaired) electrons. The molecule has 80 valence electrons. The van der Waals surface area contributed by atoms with Gasteiger partial charge in [0.05, 0.1) is 6.54 Å². The number of amides is 1. The van der Waals surface area contributed by atoms with Crippen molar-refractivity contribution < 1.29 is 23.5 Å². The summed E-state index contributed by atoms with van der Waals surface area (Å²) in [5, 5.41) is 8.38. The van der Waals surface area contributed by atoms with Gasteiger partial charge in [-0.25, -0.2) is 13.6 Å². The van der Waals surface area contributed by atoms with Crippen LogP contribution in [-0.4, -0.2) is 46.9 Å². The molecule has 1 heterocycles. The van der Waals surface area contributed by atoms with Gasteiger partial charge in [0.15, 0.2) is 6.04 Å². The second kappa shape index (κ2) is 3.49. The minimum atomic E-state index is -2.92. The molecule has 14 heavy (non-hydrogen) atoms. The summed E-state index contributed by atoms with van der Waals surface area (Å²) < 4.78 is 25.3. The van der Waals surface area contributed by atoms with Crippen LogP contribution in [0.15, 0.2) is 0 Å². The number of nitrogens with zero attached hydrogens (tertiary/aromatic N) is 1. The van der Waals surface area contributed by atoms with Crippen LogP contribution in [0.25, 0.3) is 0 Å². The lowest BCUT2D eigenvalue weighted by Gasteiger charge is -2.17. The van der Waals surface area contributed by atoms with Gasteiger partial charge in [-0.05, 0) is 0 Å². The zero-order valence-corrected chi connectivity index (χ0v) is 7.24. The van der Waals surface area contributed by atoms with Crippen molar-refractivity contribution in [2.45, 2.75) is 18.4 Å². The second-order valence-corrected chi connectivity index (χ2v) is 3.18. The van der Waals surface area contributed by atoms with Gasteiger partial charge >= 0.3 is 5.97 Å². The molecule has 5 nitrogen and oxygen atoms in total. The van der Waals surface area contributed by atoms with E-state index in [1.165, 1.54) is 0 Å². The van der Waals surface area contributed by atoms with Crippen LogP contribution in [0, 0.1) is 0 Å². The molecule has 1 rings (SSSR count). The van der Waals surface area contributed by atoms with Gasteiger partial charge < -0.3 is 15.7 Å². The lowest BCUT2D eigenvalue weighted by atomic mass is 10.3. The molecule has 1 unspecified atom stereocenters. The predicted octanol–water partition coefficient (Wildman–Crippen LogP) is -0.734. The van der Waals surface area contributed by atoms with E-state index in [-0.39, 0.29) is 6.54 Å². The summed E-state index contributed by atoms with van der Waals surface area (Å²) in [7, 11) is 0. The molecule has 3 N–H and O–H groups in total. The molecule has 0 aromatic carbocycles. The number of carbonyl (C=O) groups excluding carboxylic acids is 1. The van der Waals surface area contributed by atoms with Crippen LogP contribution in [-0.2, 0) is 9.59 Å². The maximum absolute atomic E-state index is 12.6. The van der Waals surface area contributed by atoms with Gasteiger partial charge in [0.25, 0.3) is 11.8 Å². The topological polar surface area (TPSA) is 83.6 Å². The Morgan fingerprint density at radius 3 is 2.43 bits per heavy atom. The van der Waals surface area contributed by atoms with Crippen molar-refractivity contribution >= 4 is 11.9 Å². The summed E-state index contributed by atoms with van der Waals surface area (Å²) in [6, 6.07) is -1.75. The van der Waals surface area contributed by atoms with E-state index in [4.69, 9.17) is 10.8 Å². The third-order valence-electron chi connectivity index (χ3n) is 2.01. The average molecular weight is 208 g/mol. The second-order valence-electron chi connectivity index (χ2n) is 3.18. The first-order valence-electron chi connectivity index (χ1n) is 3.98. The summed E-state index contributed by atoms with van der Waals surface area (Å²) in [4.78, 5) is 22.2. The number of carboxylic acids is 1. The molecule has 1 aliphatic rings. The van der Waals surface area contributed by atoms with Crippen LogP contribution >= 0.6 is 0 Å². The molecule has 0 aromatic heterocycles. The van der Waals surface area contributed by atoms with E-state index in [1.807, 2.05) is 0 Å². The number of carboxylic acid groups (broad SMARTS) is 1. The summed E-state index contributed by atoms with van der Waals surface area (Å²) in [6.45, 7) is -0.889. The Balaban J connectivity index is 2.60. The lowest BCUT2D eigenvalue weighted by Crippen LogP contribution is -2.47. The van der Waals surface area contributed by atoms with Crippen LogP contribution in [0.4, 0.5) is 8.78 Å². The Hall–Kier alpha value is -1.24. The van der Waals surface area contributed by atoms with Crippen molar-refractivity contribution in [1.29, 1.82) is 0 Å². The summed E-state index contributed by atoms with van der Waals surface area (Å²) in [5.41, 5.74) is 4.99. The monoisotopic (exact) mass is 208 g/mol. The SMILES string of the molecule is NC(C(=O)O)C(=O)N1CCC(F)(F)C1. The number of aliphatic carboxylic acids is 1. The standard InChI is InChI=1S/C7H10F2N2O3/c8-7(9)1-2-11(3-7)5(12)4(10)6(13)14/h4H,1-3,10H2,(H,13,14). The number of nitrogens with two attached hydrogens (primary N) is 1. The van der Waals surface area contributed by atoms with E-state index in [2.05, 4.69) is 0 Å². The van der Waals surface area contributed by atoms with E-state index in [0.29, 0.717) is 0 Å². The maximum atomic E-state index is 12.6. The number of hydrogen-bond donors (Lipinski definition) is 2. The molecule has 7 heteroatoms. The molecule has 0 aromatic rings. The fraction of sp³-hybridized carbons (Fsp3) is 0.714. The number of carbonyl (C=O) groups is 2. The van der Waals surface area contributed by atoms with Crippen molar-refractivity contribution in [3.8, 4) is 0 Å². The molecule has 0 spiro atoms. The highest BCUT2D eigenvalue weighted by atomic mass is 19.3. The lowest BCUT2D eigenvalue weighted by molar-refractivity contribution is -0.146. The Morgan fingerprint density at radius 2 is 2.07 bits per heavy atom. The summed E-state index contributed by atoms with van der Waals surface area (Å²) in [5.74, 6) is -5.40. The molecular formula is C7H10F2N2O3. The number of hydrogen-bond acceptors (Lipinski definition) is 3. The third kappa shape index (κ3) is 2.16. The quantitative estimate of drug-likeness (QED) is 0.586.